The molecule has 0 amide bonds. The molecule has 126 valence electrons. The van der Waals surface area contributed by atoms with Crippen molar-refractivity contribution in [3.8, 4) is 17.0 Å². The van der Waals surface area contributed by atoms with Crippen molar-refractivity contribution in [1.29, 1.82) is 0 Å². The van der Waals surface area contributed by atoms with Gasteiger partial charge < -0.3 is 9.72 Å². The number of ketones is 1. The third-order valence-electron chi connectivity index (χ3n) is 3.44. The number of hydrogen-bond acceptors (Lipinski definition) is 3. The van der Waals surface area contributed by atoms with Gasteiger partial charge >= 0.3 is 6.61 Å². The molecule has 1 N–H and O–H groups in total. The van der Waals surface area contributed by atoms with E-state index < -0.39 is 6.61 Å². The second-order valence-electron chi connectivity index (χ2n) is 5.15. The Morgan fingerprint density at radius 1 is 1.08 bits per heavy atom. The number of ether oxygens (including phenoxy) is 1. The molecule has 0 aliphatic rings. The van der Waals surface area contributed by atoms with Crippen molar-refractivity contribution in [2.24, 2.45) is 0 Å². The van der Waals surface area contributed by atoms with Crippen molar-refractivity contribution < 1.29 is 18.3 Å². The molecule has 1 aromatic heterocycles. The predicted octanol–water partition coefficient (Wildman–Crippen LogP) is 4.57. The van der Waals surface area contributed by atoms with Crippen molar-refractivity contribution in [3.05, 3.63) is 78.3 Å². The molecule has 6 heteroatoms. The van der Waals surface area contributed by atoms with Crippen molar-refractivity contribution in [1.82, 2.24) is 9.97 Å². The third kappa shape index (κ3) is 4.38. The lowest BCUT2D eigenvalue weighted by Gasteiger charge is -2.04. The number of H-pyrrole nitrogens is 1. The van der Waals surface area contributed by atoms with Crippen LogP contribution in [-0.4, -0.2) is 22.4 Å². The average Bonchev–Trinajstić information content (AvgIpc) is 3.10. The van der Waals surface area contributed by atoms with Gasteiger partial charge in [-0.2, -0.15) is 8.78 Å². The highest BCUT2D eigenvalue weighted by Crippen LogP contribution is 2.17. The molecule has 0 saturated carbocycles. The minimum atomic E-state index is -2.89. The zero-order chi connectivity index (χ0) is 17.6. The SMILES string of the molecule is O=C(/C=C/c1ncc(-c2ccccc2)[nH]1)c1ccc(OC(F)F)cc1. The third-order valence-corrected chi connectivity index (χ3v) is 3.44. The predicted molar refractivity (Wildman–Crippen MR) is 90.5 cm³/mol. The molecule has 0 unspecified atom stereocenters. The minimum absolute atomic E-state index is 0.00840. The van der Waals surface area contributed by atoms with Gasteiger partial charge in [-0.1, -0.05) is 30.3 Å². The molecule has 0 aliphatic carbocycles. The van der Waals surface area contributed by atoms with Gasteiger partial charge in [0.25, 0.3) is 0 Å². The molecule has 0 fully saturated rings. The van der Waals surface area contributed by atoms with Crippen LogP contribution in [0.4, 0.5) is 8.78 Å². The highest BCUT2D eigenvalue weighted by Gasteiger charge is 2.06. The fourth-order valence-electron chi connectivity index (χ4n) is 2.24. The largest absolute Gasteiger partial charge is 0.435 e. The summed E-state index contributed by atoms with van der Waals surface area (Å²) in [6.07, 6.45) is 4.63. The van der Waals surface area contributed by atoms with Crippen LogP contribution in [0, 0.1) is 0 Å². The van der Waals surface area contributed by atoms with Crippen LogP contribution in [0.15, 0.2) is 66.9 Å². The van der Waals surface area contributed by atoms with Crippen LogP contribution in [0.2, 0.25) is 0 Å². The molecule has 1 heterocycles. The zero-order valence-electron chi connectivity index (χ0n) is 13.0. The highest BCUT2D eigenvalue weighted by molar-refractivity contribution is 6.06. The minimum Gasteiger partial charge on any atom is -0.435 e. The van der Waals surface area contributed by atoms with Crippen LogP contribution in [-0.2, 0) is 0 Å². The number of rotatable bonds is 6. The molecule has 0 spiro atoms. The van der Waals surface area contributed by atoms with Crippen molar-refractivity contribution in [2.45, 2.75) is 6.61 Å². The lowest BCUT2D eigenvalue weighted by atomic mass is 10.1. The Balaban J connectivity index is 1.67. The summed E-state index contributed by atoms with van der Waals surface area (Å²) in [4.78, 5) is 19.4. The van der Waals surface area contributed by atoms with Crippen LogP contribution in [0.5, 0.6) is 5.75 Å². The first kappa shape index (κ1) is 16.6. The van der Waals surface area contributed by atoms with Gasteiger partial charge in [-0.25, -0.2) is 4.98 Å². The first-order chi connectivity index (χ1) is 12.1. The van der Waals surface area contributed by atoms with Crippen molar-refractivity contribution >= 4 is 11.9 Å². The highest BCUT2D eigenvalue weighted by atomic mass is 19.3. The fourth-order valence-corrected chi connectivity index (χ4v) is 2.24. The number of aromatic amines is 1. The first-order valence-corrected chi connectivity index (χ1v) is 7.49. The maximum absolute atomic E-state index is 12.1. The summed E-state index contributed by atoms with van der Waals surface area (Å²) in [5, 5.41) is 0. The number of halogens is 2. The molecule has 25 heavy (non-hydrogen) atoms. The van der Waals surface area contributed by atoms with E-state index in [1.54, 1.807) is 12.3 Å². The molecule has 0 atom stereocenters. The van der Waals surface area contributed by atoms with Gasteiger partial charge in [-0.15, -0.1) is 0 Å². The maximum atomic E-state index is 12.1. The van der Waals surface area contributed by atoms with E-state index in [2.05, 4.69) is 14.7 Å². The number of nitrogens with zero attached hydrogens (tertiary/aromatic N) is 1. The van der Waals surface area contributed by atoms with Crippen LogP contribution >= 0.6 is 0 Å². The summed E-state index contributed by atoms with van der Waals surface area (Å²) in [5.74, 6) is 0.292. The fraction of sp³-hybridized carbons (Fsp3) is 0.0526. The molecule has 0 aliphatic heterocycles. The average molecular weight is 340 g/mol. The number of alkyl halides is 2. The summed E-state index contributed by atoms with van der Waals surface area (Å²) >= 11 is 0. The van der Waals surface area contributed by atoms with Gasteiger partial charge in [0, 0.05) is 5.56 Å². The van der Waals surface area contributed by atoms with E-state index in [4.69, 9.17) is 0 Å². The van der Waals surface area contributed by atoms with E-state index in [9.17, 15) is 13.6 Å². The molecule has 3 aromatic rings. The monoisotopic (exact) mass is 340 g/mol. The second kappa shape index (κ2) is 7.53. The molecule has 2 aromatic carbocycles. The van der Waals surface area contributed by atoms with Crippen LogP contribution in [0.1, 0.15) is 16.2 Å². The smallest absolute Gasteiger partial charge is 0.387 e. The lowest BCUT2D eigenvalue weighted by Crippen LogP contribution is -2.02. The second-order valence-corrected chi connectivity index (χ2v) is 5.15. The van der Waals surface area contributed by atoms with E-state index in [0.29, 0.717) is 11.4 Å². The molecule has 0 bridgehead atoms. The van der Waals surface area contributed by atoms with E-state index in [-0.39, 0.29) is 11.5 Å². The number of carbonyl (C=O) groups is 1. The number of nitrogens with one attached hydrogen (secondary N) is 1. The molecular formula is C19H14F2N2O2. The van der Waals surface area contributed by atoms with Crippen molar-refractivity contribution in [2.75, 3.05) is 0 Å². The summed E-state index contributed by atoms with van der Waals surface area (Å²) in [6.45, 7) is -2.89. The molecule has 0 radical (unpaired) electrons. The number of benzene rings is 2. The molecular weight excluding hydrogens is 326 g/mol. The Morgan fingerprint density at radius 3 is 2.48 bits per heavy atom. The molecule has 4 nitrogen and oxygen atoms in total. The standard InChI is InChI=1S/C19H14F2N2O2/c20-19(21)25-15-8-6-14(7-9-15)17(24)10-11-18-22-12-16(23-18)13-4-2-1-3-5-13/h1-12,19H,(H,22,23)/b11-10+. The van der Waals surface area contributed by atoms with Gasteiger partial charge in [-0.05, 0) is 42.0 Å². The first-order valence-electron chi connectivity index (χ1n) is 7.49. The van der Waals surface area contributed by atoms with Gasteiger partial charge in [-0.3, -0.25) is 4.79 Å². The molecule has 3 rings (SSSR count). The Kier molecular flexibility index (Phi) is 4.99. The van der Waals surface area contributed by atoms with Crippen LogP contribution in [0.25, 0.3) is 17.3 Å². The van der Waals surface area contributed by atoms with Gasteiger partial charge in [0.2, 0.25) is 0 Å². The summed E-state index contributed by atoms with van der Waals surface area (Å²) in [6, 6.07) is 15.2. The van der Waals surface area contributed by atoms with E-state index in [1.165, 1.54) is 30.3 Å². The number of hydrogen-bond donors (Lipinski definition) is 1. The van der Waals surface area contributed by atoms with Gasteiger partial charge in [0.1, 0.15) is 11.6 Å². The number of carbonyl (C=O) groups excluding carboxylic acids is 1. The number of aromatic nitrogens is 2. The van der Waals surface area contributed by atoms with Crippen LogP contribution < -0.4 is 4.74 Å². The summed E-state index contributed by atoms with van der Waals surface area (Å²) in [7, 11) is 0. The number of allylic oxidation sites excluding steroid dienone is 1. The quantitative estimate of drug-likeness (QED) is 0.528. The van der Waals surface area contributed by atoms with Gasteiger partial charge in [0.15, 0.2) is 5.78 Å². The summed E-state index contributed by atoms with van der Waals surface area (Å²) < 4.78 is 28.4. The normalized spacial score (nSPS) is 11.2. The summed E-state index contributed by atoms with van der Waals surface area (Å²) in [5.41, 5.74) is 2.21. The maximum Gasteiger partial charge on any atom is 0.387 e. The Hall–Kier alpha value is -3.28. The van der Waals surface area contributed by atoms with E-state index >= 15 is 0 Å². The van der Waals surface area contributed by atoms with Crippen molar-refractivity contribution in [3.63, 3.8) is 0 Å². The van der Waals surface area contributed by atoms with Gasteiger partial charge in [0.05, 0.1) is 11.9 Å². The van der Waals surface area contributed by atoms with Crippen LogP contribution in [0.3, 0.4) is 0 Å². The molecule has 0 saturated heterocycles. The zero-order valence-corrected chi connectivity index (χ0v) is 13.0. The Morgan fingerprint density at radius 2 is 1.80 bits per heavy atom. The topological polar surface area (TPSA) is 55.0 Å². The Bertz CT molecular complexity index is 872. The Labute approximate surface area is 142 Å². The lowest BCUT2D eigenvalue weighted by molar-refractivity contribution is -0.0498. The van der Waals surface area contributed by atoms with E-state index in [0.717, 1.165) is 11.3 Å². The number of imidazole rings is 1. The van der Waals surface area contributed by atoms with E-state index in [1.807, 2.05) is 30.3 Å².